The second-order valence-electron chi connectivity index (χ2n) is 4.17. The van der Waals surface area contributed by atoms with E-state index in [1.54, 1.807) is 31.2 Å². The van der Waals surface area contributed by atoms with E-state index in [1.165, 1.54) is 0 Å². The first-order valence-corrected chi connectivity index (χ1v) is 6.02. The Morgan fingerprint density at radius 1 is 1.33 bits per heavy atom. The van der Waals surface area contributed by atoms with Gasteiger partial charge in [0.25, 0.3) is 5.91 Å². The Balaban J connectivity index is 1.91. The molecule has 1 aromatic carbocycles. The van der Waals surface area contributed by atoms with Crippen LogP contribution in [0.3, 0.4) is 0 Å². The molecule has 2 aromatic heterocycles. The second-order valence-corrected chi connectivity index (χ2v) is 4.17. The number of amides is 1. The number of aromatic nitrogens is 5. The summed E-state index contributed by atoms with van der Waals surface area (Å²) in [4.78, 5) is 15.8. The zero-order chi connectivity index (χ0) is 14.8. The first kappa shape index (κ1) is 12.8. The summed E-state index contributed by atoms with van der Waals surface area (Å²) in [6.45, 7) is 1.69. The quantitative estimate of drug-likeness (QED) is 0.653. The Bertz CT molecular complexity index is 792. The number of rotatable bonds is 3. The number of hydrogen-bond acceptors (Lipinski definition) is 7. The van der Waals surface area contributed by atoms with Gasteiger partial charge in [-0.25, -0.2) is 0 Å². The molecule has 0 unspecified atom stereocenters. The van der Waals surface area contributed by atoms with E-state index in [2.05, 4.69) is 30.7 Å². The van der Waals surface area contributed by atoms with Gasteiger partial charge in [0, 0.05) is 6.92 Å². The average molecular weight is 285 g/mol. The summed E-state index contributed by atoms with van der Waals surface area (Å²) in [6, 6.07) is 7.05. The standard InChI is InChI=1S/C12H11N7O2/c1-6-16-18-11(21-6)7-4-2-3-5-8(7)14-10(20)9-15-12(13)19-17-9/h2-5H,1H3,(H,14,20)(H3,13,15,17,19). The largest absolute Gasteiger partial charge is 0.421 e. The maximum atomic E-state index is 12.0. The first-order chi connectivity index (χ1) is 10.1. The van der Waals surface area contributed by atoms with Gasteiger partial charge in [-0.1, -0.05) is 12.1 Å². The summed E-state index contributed by atoms with van der Waals surface area (Å²) in [5.41, 5.74) is 6.49. The van der Waals surface area contributed by atoms with Gasteiger partial charge in [0.1, 0.15) is 0 Å². The predicted octanol–water partition coefficient (Wildman–Crippen LogP) is 0.998. The van der Waals surface area contributed by atoms with Gasteiger partial charge in [-0.2, -0.15) is 4.98 Å². The number of anilines is 2. The van der Waals surface area contributed by atoms with Crippen LogP contribution in [0.2, 0.25) is 0 Å². The molecule has 2 heterocycles. The fourth-order valence-corrected chi connectivity index (χ4v) is 1.74. The number of aromatic amines is 1. The van der Waals surface area contributed by atoms with Gasteiger partial charge in [-0.15, -0.1) is 15.3 Å². The maximum Gasteiger partial charge on any atom is 0.293 e. The van der Waals surface area contributed by atoms with Crippen LogP contribution < -0.4 is 11.1 Å². The second kappa shape index (κ2) is 5.04. The molecule has 0 radical (unpaired) electrons. The highest BCUT2D eigenvalue weighted by atomic mass is 16.4. The molecular formula is C12H11N7O2. The van der Waals surface area contributed by atoms with Crippen molar-refractivity contribution in [1.29, 1.82) is 0 Å². The van der Waals surface area contributed by atoms with E-state index < -0.39 is 5.91 Å². The van der Waals surface area contributed by atoms with Crippen LogP contribution in [-0.2, 0) is 0 Å². The number of carbonyl (C=O) groups excluding carboxylic acids is 1. The van der Waals surface area contributed by atoms with E-state index in [1.807, 2.05) is 0 Å². The smallest absolute Gasteiger partial charge is 0.293 e. The highest BCUT2D eigenvalue weighted by Crippen LogP contribution is 2.26. The SMILES string of the molecule is Cc1nnc(-c2ccccc2NC(=O)c2nc(N)n[nH]2)o1. The molecule has 9 heteroatoms. The molecule has 0 fully saturated rings. The summed E-state index contributed by atoms with van der Waals surface area (Å²) in [5, 5.41) is 16.4. The van der Waals surface area contributed by atoms with Gasteiger partial charge >= 0.3 is 0 Å². The molecule has 0 atom stereocenters. The van der Waals surface area contributed by atoms with Crippen LogP contribution in [-0.4, -0.2) is 31.3 Å². The van der Waals surface area contributed by atoms with Crippen LogP contribution in [0.5, 0.6) is 0 Å². The monoisotopic (exact) mass is 285 g/mol. The predicted molar refractivity (Wildman–Crippen MR) is 73.2 cm³/mol. The Kier molecular flexibility index (Phi) is 3.07. The molecule has 0 aliphatic heterocycles. The minimum atomic E-state index is -0.470. The molecule has 0 saturated carbocycles. The zero-order valence-corrected chi connectivity index (χ0v) is 11.0. The van der Waals surface area contributed by atoms with Crippen molar-refractivity contribution in [2.45, 2.75) is 6.92 Å². The molecule has 0 aliphatic rings. The van der Waals surface area contributed by atoms with Crippen molar-refractivity contribution in [2.75, 3.05) is 11.1 Å². The van der Waals surface area contributed by atoms with Gasteiger partial charge < -0.3 is 15.5 Å². The summed E-state index contributed by atoms with van der Waals surface area (Å²) in [7, 11) is 0. The lowest BCUT2D eigenvalue weighted by Gasteiger charge is -2.06. The van der Waals surface area contributed by atoms with E-state index in [0.29, 0.717) is 23.0 Å². The third kappa shape index (κ3) is 2.56. The minimum Gasteiger partial charge on any atom is -0.421 e. The van der Waals surface area contributed by atoms with Crippen LogP contribution in [0.4, 0.5) is 11.6 Å². The lowest BCUT2D eigenvalue weighted by Crippen LogP contribution is -2.14. The fraction of sp³-hybridized carbons (Fsp3) is 0.0833. The topological polar surface area (TPSA) is 136 Å². The molecule has 21 heavy (non-hydrogen) atoms. The highest BCUT2D eigenvalue weighted by molar-refractivity contribution is 6.03. The lowest BCUT2D eigenvalue weighted by molar-refractivity contribution is 0.101. The number of para-hydroxylation sites is 1. The molecule has 3 rings (SSSR count). The Morgan fingerprint density at radius 3 is 2.81 bits per heavy atom. The van der Waals surface area contributed by atoms with Crippen LogP contribution in [0, 0.1) is 6.92 Å². The molecular weight excluding hydrogens is 274 g/mol. The minimum absolute atomic E-state index is 0.000890. The third-order valence-electron chi connectivity index (χ3n) is 2.65. The fourth-order valence-electron chi connectivity index (χ4n) is 1.74. The van der Waals surface area contributed by atoms with Crippen LogP contribution in [0.15, 0.2) is 28.7 Å². The Labute approximate surface area is 118 Å². The summed E-state index contributed by atoms with van der Waals surface area (Å²) in [5.74, 6) is 0.308. The van der Waals surface area contributed by atoms with E-state index in [4.69, 9.17) is 10.2 Å². The molecule has 4 N–H and O–H groups in total. The van der Waals surface area contributed by atoms with Crippen LogP contribution in [0.1, 0.15) is 16.5 Å². The van der Waals surface area contributed by atoms with E-state index >= 15 is 0 Å². The third-order valence-corrected chi connectivity index (χ3v) is 2.65. The van der Waals surface area contributed by atoms with Crippen molar-refractivity contribution < 1.29 is 9.21 Å². The van der Waals surface area contributed by atoms with Crippen LogP contribution in [0.25, 0.3) is 11.5 Å². The molecule has 0 saturated heterocycles. The molecule has 1 amide bonds. The number of nitrogens with zero attached hydrogens (tertiary/aromatic N) is 4. The molecule has 0 spiro atoms. The molecule has 106 valence electrons. The average Bonchev–Trinajstić information content (AvgIpc) is 3.08. The molecule has 9 nitrogen and oxygen atoms in total. The van der Waals surface area contributed by atoms with E-state index in [9.17, 15) is 4.79 Å². The zero-order valence-electron chi connectivity index (χ0n) is 11.0. The number of aryl methyl sites for hydroxylation is 1. The molecule has 0 aliphatic carbocycles. The van der Waals surface area contributed by atoms with Crippen molar-refractivity contribution in [3.63, 3.8) is 0 Å². The van der Waals surface area contributed by atoms with Crippen molar-refractivity contribution in [3.05, 3.63) is 36.0 Å². The van der Waals surface area contributed by atoms with E-state index in [0.717, 1.165) is 0 Å². The Hall–Kier alpha value is -3.23. The van der Waals surface area contributed by atoms with Crippen molar-refractivity contribution in [3.8, 4) is 11.5 Å². The normalized spacial score (nSPS) is 10.5. The summed E-state index contributed by atoms with van der Waals surface area (Å²) < 4.78 is 5.37. The number of hydrogen-bond donors (Lipinski definition) is 3. The lowest BCUT2D eigenvalue weighted by atomic mass is 10.1. The number of carbonyl (C=O) groups is 1. The van der Waals surface area contributed by atoms with Crippen molar-refractivity contribution in [2.24, 2.45) is 0 Å². The Morgan fingerprint density at radius 2 is 2.14 bits per heavy atom. The number of benzene rings is 1. The number of nitrogens with one attached hydrogen (secondary N) is 2. The number of nitrogens with two attached hydrogens (primary N) is 1. The summed E-state index contributed by atoms with van der Waals surface area (Å²) in [6.07, 6.45) is 0. The van der Waals surface area contributed by atoms with Gasteiger partial charge in [0.2, 0.25) is 23.6 Å². The van der Waals surface area contributed by atoms with Crippen LogP contribution >= 0.6 is 0 Å². The molecule has 0 bridgehead atoms. The number of H-pyrrole nitrogens is 1. The number of nitrogen functional groups attached to an aromatic ring is 1. The van der Waals surface area contributed by atoms with Crippen molar-refractivity contribution >= 4 is 17.5 Å². The van der Waals surface area contributed by atoms with Gasteiger partial charge in [-0.3, -0.25) is 9.89 Å². The maximum absolute atomic E-state index is 12.0. The van der Waals surface area contributed by atoms with E-state index in [-0.39, 0.29) is 11.8 Å². The van der Waals surface area contributed by atoms with Gasteiger partial charge in [-0.05, 0) is 12.1 Å². The van der Waals surface area contributed by atoms with Gasteiger partial charge in [0.15, 0.2) is 0 Å². The summed E-state index contributed by atoms with van der Waals surface area (Å²) >= 11 is 0. The van der Waals surface area contributed by atoms with Crippen molar-refractivity contribution in [1.82, 2.24) is 25.4 Å². The van der Waals surface area contributed by atoms with Gasteiger partial charge in [0.05, 0.1) is 11.3 Å². The first-order valence-electron chi connectivity index (χ1n) is 6.02. The molecule has 3 aromatic rings. The highest BCUT2D eigenvalue weighted by Gasteiger charge is 2.16.